The van der Waals surface area contributed by atoms with Gasteiger partial charge in [-0.3, -0.25) is 0 Å². The molecule has 0 spiro atoms. The number of hydrogen-bond acceptors (Lipinski definition) is 5. The van der Waals surface area contributed by atoms with Gasteiger partial charge >= 0.3 is 0 Å². The first kappa shape index (κ1) is 22.7. The highest BCUT2D eigenvalue weighted by atomic mass is 79.9. The van der Waals surface area contributed by atoms with Crippen LogP contribution in [0.3, 0.4) is 0 Å². The second kappa shape index (κ2) is 12.8. The molecule has 0 aliphatic rings. The minimum Gasteiger partial charge on any atom is -0.490 e. The van der Waals surface area contributed by atoms with Crippen molar-refractivity contribution < 1.29 is 14.6 Å². The summed E-state index contributed by atoms with van der Waals surface area (Å²) in [5, 5.41) is 15.4. The van der Waals surface area contributed by atoms with Gasteiger partial charge in [0.1, 0.15) is 6.61 Å². The highest BCUT2D eigenvalue weighted by Crippen LogP contribution is 2.34. The fourth-order valence-corrected chi connectivity index (χ4v) is 3.25. The molecule has 0 saturated heterocycles. The molecule has 0 heterocycles. The fraction of sp³-hybridized carbons (Fsp3) is 0.455. The minimum absolute atomic E-state index is 0.179. The van der Waals surface area contributed by atoms with Crippen LogP contribution in [0.2, 0.25) is 0 Å². The first-order valence-electron chi connectivity index (χ1n) is 9.80. The number of aliphatic hydroxyl groups excluding tert-OH is 1. The van der Waals surface area contributed by atoms with E-state index in [4.69, 9.17) is 14.6 Å². The Morgan fingerprint density at radius 3 is 2.46 bits per heavy atom. The molecule has 0 aliphatic heterocycles. The van der Waals surface area contributed by atoms with E-state index in [1.807, 2.05) is 31.2 Å². The average molecular weight is 451 g/mol. The molecule has 0 unspecified atom stereocenters. The summed E-state index contributed by atoms with van der Waals surface area (Å²) in [5.74, 6) is 1.51. The second-order valence-electron chi connectivity index (χ2n) is 6.54. The van der Waals surface area contributed by atoms with E-state index in [9.17, 15) is 0 Å². The van der Waals surface area contributed by atoms with Crippen molar-refractivity contribution in [2.24, 2.45) is 0 Å². The number of nitrogens with one attached hydrogen (secondary N) is 2. The molecule has 28 heavy (non-hydrogen) atoms. The molecule has 2 rings (SSSR count). The fourth-order valence-electron chi connectivity index (χ4n) is 2.79. The molecule has 0 amide bonds. The van der Waals surface area contributed by atoms with Crippen LogP contribution in [0.1, 0.15) is 30.0 Å². The van der Waals surface area contributed by atoms with Gasteiger partial charge in [0.25, 0.3) is 0 Å². The van der Waals surface area contributed by atoms with Crippen LogP contribution in [-0.2, 0) is 13.2 Å². The summed E-state index contributed by atoms with van der Waals surface area (Å²) in [5.41, 5.74) is 3.52. The summed E-state index contributed by atoms with van der Waals surface area (Å²) in [6.45, 7) is 8.54. The first-order valence-corrected chi connectivity index (χ1v) is 10.6. The predicted molar refractivity (Wildman–Crippen MR) is 117 cm³/mol. The number of aliphatic hydroxyl groups is 1. The number of halogens is 1. The van der Waals surface area contributed by atoms with Gasteiger partial charge in [-0.05, 0) is 62.2 Å². The largest absolute Gasteiger partial charge is 0.490 e. The van der Waals surface area contributed by atoms with Crippen LogP contribution >= 0.6 is 15.9 Å². The monoisotopic (exact) mass is 450 g/mol. The van der Waals surface area contributed by atoms with Crippen molar-refractivity contribution in [2.45, 2.75) is 33.4 Å². The van der Waals surface area contributed by atoms with E-state index in [2.05, 4.69) is 45.6 Å². The third kappa shape index (κ3) is 7.43. The molecule has 0 bridgehead atoms. The molecule has 2 aromatic carbocycles. The molecule has 0 aliphatic carbocycles. The van der Waals surface area contributed by atoms with Crippen LogP contribution in [0.5, 0.6) is 11.5 Å². The molecule has 2 aromatic rings. The Labute approximate surface area is 176 Å². The zero-order valence-corrected chi connectivity index (χ0v) is 18.3. The molecule has 0 saturated carbocycles. The van der Waals surface area contributed by atoms with Crippen molar-refractivity contribution in [2.75, 3.05) is 32.8 Å². The smallest absolute Gasteiger partial charge is 0.162 e. The molecule has 5 nitrogen and oxygen atoms in total. The van der Waals surface area contributed by atoms with E-state index >= 15 is 0 Å². The van der Waals surface area contributed by atoms with E-state index in [1.54, 1.807) is 0 Å². The SMILES string of the molecule is CCOc1cc(CNCCCNCCO)c(Br)cc1OCc1ccccc1C. The van der Waals surface area contributed by atoms with Crippen LogP contribution in [0.25, 0.3) is 0 Å². The Bertz CT molecular complexity index is 725. The normalized spacial score (nSPS) is 10.9. The molecule has 0 atom stereocenters. The van der Waals surface area contributed by atoms with Gasteiger partial charge in [-0.2, -0.15) is 0 Å². The van der Waals surface area contributed by atoms with Crippen LogP contribution < -0.4 is 20.1 Å². The number of hydrogen-bond donors (Lipinski definition) is 3. The van der Waals surface area contributed by atoms with E-state index in [1.165, 1.54) is 11.1 Å². The maximum atomic E-state index is 8.75. The number of rotatable bonds is 13. The molecular weight excluding hydrogens is 420 g/mol. The van der Waals surface area contributed by atoms with Crippen molar-refractivity contribution in [3.8, 4) is 11.5 Å². The van der Waals surface area contributed by atoms with Crippen LogP contribution in [0.15, 0.2) is 40.9 Å². The van der Waals surface area contributed by atoms with Gasteiger partial charge in [0.15, 0.2) is 11.5 Å². The maximum Gasteiger partial charge on any atom is 0.162 e. The molecular formula is C22H31BrN2O3. The minimum atomic E-state index is 0.179. The Morgan fingerprint density at radius 2 is 1.71 bits per heavy atom. The van der Waals surface area contributed by atoms with Gasteiger partial charge in [0.05, 0.1) is 13.2 Å². The Kier molecular flexibility index (Phi) is 10.4. The van der Waals surface area contributed by atoms with Crippen molar-refractivity contribution in [1.29, 1.82) is 0 Å². The molecule has 0 fully saturated rings. The Morgan fingerprint density at radius 1 is 0.964 bits per heavy atom. The number of aryl methyl sites for hydroxylation is 1. The lowest BCUT2D eigenvalue weighted by molar-refractivity contribution is 0.268. The lowest BCUT2D eigenvalue weighted by atomic mass is 10.1. The molecule has 0 aromatic heterocycles. The van der Waals surface area contributed by atoms with Crippen molar-refractivity contribution in [1.82, 2.24) is 10.6 Å². The summed E-state index contributed by atoms with van der Waals surface area (Å²) in [6, 6.07) is 12.3. The third-order valence-electron chi connectivity index (χ3n) is 4.37. The average Bonchev–Trinajstić information content (AvgIpc) is 2.69. The van der Waals surface area contributed by atoms with Crippen molar-refractivity contribution >= 4 is 15.9 Å². The number of benzene rings is 2. The quantitative estimate of drug-likeness (QED) is 0.405. The van der Waals surface area contributed by atoms with Gasteiger partial charge in [-0.25, -0.2) is 0 Å². The van der Waals surface area contributed by atoms with E-state index < -0.39 is 0 Å². The molecule has 154 valence electrons. The molecule has 0 radical (unpaired) electrons. The summed E-state index contributed by atoms with van der Waals surface area (Å²) >= 11 is 3.66. The maximum absolute atomic E-state index is 8.75. The standard InChI is InChI=1S/C22H31BrN2O3/c1-3-27-21-13-19(15-25-10-6-9-24-11-12-26)20(23)14-22(21)28-16-18-8-5-4-7-17(18)2/h4-5,7-8,13-14,24-26H,3,6,9-12,15-16H2,1-2H3. The van der Waals surface area contributed by atoms with Gasteiger partial charge < -0.3 is 25.2 Å². The topological polar surface area (TPSA) is 62.8 Å². The summed E-state index contributed by atoms with van der Waals surface area (Å²) in [4.78, 5) is 0. The summed E-state index contributed by atoms with van der Waals surface area (Å²) in [7, 11) is 0. The third-order valence-corrected chi connectivity index (χ3v) is 5.11. The van der Waals surface area contributed by atoms with E-state index in [-0.39, 0.29) is 6.61 Å². The molecule has 6 heteroatoms. The highest BCUT2D eigenvalue weighted by Gasteiger charge is 2.11. The zero-order valence-electron chi connectivity index (χ0n) is 16.8. The first-order chi connectivity index (χ1) is 13.7. The Balaban J connectivity index is 1.95. The van der Waals surface area contributed by atoms with E-state index in [0.717, 1.165) is 47.6 Å². The lowest BCUT2D eigenvalue weighted by Gasteiger charge is -2.16. The van der Waals surface area contributed by atoms with Gasteiger partial charge in [-0.1, -0.05) is 40.2 Å². The summed E-state index contributed by atoms with van der Waals surface area (Å²) < 4.78 is 12.9. The van der Waals surface area contributed by atoms with Crippen molar-refractivity contribution in [3.05, 3.63) is 57.6 Å². The Hall–Kier alpha value is -1.60. The number of ether oxygens (including phenoxy) is 2. The second-order valence-corrected chi connectivity index (χ2v) is 7.40. The summed E-state index contributed by atoms with van der Waals surface area (Å²) in [6.07, 6.45) is 1.01. The lowest BCUT2D eigenvalue weighted by Crippen LogP contribution is -2.24. The van der Waals surface area contributed by atoms with Gasteiger partial charge in [-0.15, -0.1) is 0 Å². The van der Waals surface area contributed by atoms with Crippen molar-refractivity contribution in [3.63, 3.8) is 0 Å². The van der Waals surface area contributed by atoms with Crippen LogP contribution in [0, 0.1) is 6.92 Å². The zero-order chi connectivity index (χ0) is 20.2. The van der Waals surface area contributed by atoms with Gasteiger partial charge in [0, 0.05) is 17.6 Å². The molecule has 3 N–H and O–H groups in total. The highest BCUT2D eigenvalue weighted by molar-refractivity contribution is 9.10. The van der Waals surface area contributed by atoms with Gasteiger partial charge in [0.2, 0.25) is 0 Å². The predicted octanol–water partition coefficient (Wildman–Crippen LogP) is 3.80. The van der Waals surface area contributed by atoms with Crippen LogP contribution in [-0.4, -0.2) is 38.0 Å². The van der Waals surface area contributed by atoms with Crippen LogP contribution in [0.4, 0.5) is 0 Å². The van der Waals surface area contributed by atoms with E-state index in [0.29, 0.717) is 19.8 Å².